The summed E-state index contributed by atoms with van der Waals surface area (Å²) < 4.78 is 0. The van der Waals surface area contributed by atoms with Crippen molar-refractivity contribution in [2.24, 2.45) is 0 Å². The molecule has 0 unspecified atom stereocenters. The largest absolute Gasteiger partial charge is 0.300 e. The molecule has 0 bridgehead atoms. The summed E-state index contributed by atoms with van der Waals surface area (Å²) in [6.07, 6.45) is 3.60. The van der Waals surface area contributed by atoms with Gasteiger partial charge < -0.3 is 5.43 Å². The normalized spacial score (nSPS) is 13.0. The molecule has 0 fully saturated rings. The van der Waals surface area contributed by atoms with E-state index in [0.717, 1.165) is 33.8 Å². The molecule has 0 saturated heterocycles. The number of benzene rings is 1. The van der Waals surface area contributed by atoms with Crippen LogP contribution in [-0.4, -0.2) is 20.2 Å². The number of H-pyrrole nitrogens is 1. The molecule has 4 heterocycles. The molecule has 0 spiro atoms. The van der Waals surface area contributed by atoms with Crippen molar-refractivity contribution in [2.45, 2.75) is 6.54 Å². The van der Waals surface area contributed by atoms with Crippen LogP contribution in [0.1, 0.15) is 5.56 Å². The summed E-state index contributed by atoms with van der Waals surface area (Å²) in [5, 5.41) is 10.1. The Morgan fingerprint density at radius 1 is 1.00 bits per heavy atom. The molecule has 3 N–H and O–H groups in total. The lowest BCUT2D eigenvalue weighted by molar-refractivity contribution is 0.717. The molecule has 122 valence electrons. The van der Waals surface area contributed by atoms with E-state index in [9.17, 15) is 0 Å². The van der Waals surface area contributed by atoms with Crippen LogP contribution >= 0.6 is 0 Å². The van der Waals surface area contributed by atoms with E-state index >= 15 is 0 Å². The number of nitrogens with one attached hydrogen (secondary N) is 3. The molecule has 4 aromatic rings. The van der Waals surface area contributed by atoms with Crippen LogP contribution in [0, 0.1) is 0 Å². The Morgan fingerprint density at radius 3 is 2.92 bits per heavy atom. The fourth-order valence-electron chi connectivity index (χ4n) is 3.00. The number of aromatic nitrogens is 4. The van der Waals surface area contributed by atoms with Crippen molar-refractivity contribution in [3.8, 4) is 11.4 Å². The highest BCUT2D eigenvalue weighted by Crippen LogP contribution is 2.30. The number of anilines is 2. The Bertz CT molecular complexity index is 1040. The maximum atomic E-state index is 4.74. The summed E-state index contributed by atoms with van der Waals surface area (Å²) in [6.45, 7) is 0.682. The number of hydrogen-bond acceptors (Lipinski definition) is 6. The molecule has 5 rings (SSSR count). The third kappa shape index (κ3) is 2.47. The van der Waals surface area contributed by atoms with Crippen molar-refractivity contribution in [2.75, 3.05) is 10.4 Å². The summed E-state index contributed by atoms with van der Waals surface area (Å²) in [6, 6.07) is 16.2. The van der Waals surface area contributed by atoms with Gasteiger partial charge in [-0.05, 0) is 42.0 Å². The third-order valence-electron chi connectivity index (χ3n) is 4.23. The zero-order valence-electron chi connectivity index (χ0n) is 13.3. The van der Waals surface area contributed by atoms with Gasteiger partial charge in [-0.2, -0.15) is 5.10 Å². The van der Waals surface area contributed by atoms with E-state index in [1.807, 2.05) is 41.5 Å². The maximum Gasteiger partial charge on any atom is 0.170 e. The second kappa shape index (κ2) is 5.57. The van der Waals surface area contributed by atoms with E-state index in [4.69, 9.17) is 4.98 Å². The van der Waals surface area contributed by atoms with Crippen molar-refractivity contribution in [1.29, 1.82) is 0 Å². The Labute approximate surface area is 143 Å². The third-order valence-corrected chi connectivity index (χ3v) is 4.23. The molecule has 0 aliphatic carbocycles. The molecule has 25 heavy (non-hydrogen) atoms. The molecule has 1 aliphatic rings. The molecule has 7 nitrogen and oxygen atoms in total. The predicted octanol–water partition coefficient (Wildman–Crippen LogP) is 2.87. The Morgan fingerprint density at radius 2 is 2.00 bits per heavy atom. The van der Waals surface area contributed by atoms with Gasteiger partial charge in [-0.15, -0.1) is 5.53 Å². The van der Waals surface area contributed by atoms with E-state index in [1.165, 1.54) is 5.56 Å². The highest BCUT2D eigenvalue weighted by Gasteiger charge is 2.21. The van der Waals surface area contributed by atoms with E-state index in [-0.39, 0.29) is 0 Å². The molecular formula is C18H15N7. The number of nitrogens with zero attached hydrogens (tertiary/aromatic N) is 4. The van der Waals surface area contributed by atoms with Gasteiger partial charge >= 0.3 is 0 Å². The Balaban J connectivity index is 1.47. The van der Waals surface area contributed by atoms with Crippen LogP contribution in [0.25, 0.3) is 22.3 Å². The van der Waals surface area contributed by atoms with Crippen molar-refractivity contribution < 1.29 is 0 Å². The average Bonchev–Trinajstić information content (AvgIpc) is 3.32. The topological polar surface area (TPSA) is 81.8 Å². The minimum absolute atomic E-state index is 0.682. The lowest BCUT2D eigenvalue weighted by Crippen LogP contribution is -2.35. The van der Waals surface area contributed by atoms with Gasteiger partial charge in [0.15, 0.2) is 5.82 Å². The first kappa shape index (κ1) is 13.9. The first-order chi connectivity index (χ1) is 12.4. The second-order valence-electron chi connectivity index (χ2n) is 5.88. The summed E-state index contributed by atoms with van der Waals surface area (Å²) >= 11 is 0. The van der Waals surface area contributed by atoms with Crippen LogP contribution in [0.15, 0.2) is 60.9 Å². The summed E-state index contributed by atoms with van der Waals surface area (Å²) in [5.74, 6) is 0.854. The van der Waals surface area contributed by atoms with Crippen LogP contribution in [0.4, 0.5) is 11.5 Å². The predicted molar refractivity (Wildman–Crippen MR) is 96.5 cm³/mol. The fourth-order valence-corrected chi connectivity index (χ4v) is 3.00. The van der Waals surface area contributed by atoms with Gasteiger partial charge in [0.1, 0.15) is 5.69 Å². The van der Waals surface area contributed by atoms with Crippen LogP contribution in [0.3, 0.4) is 0 Å². The van der Waals surface area contributed by atoms with Gasteiger partial charge in [0.25, 0.3) is 0 Å². The zero-order chi connectivity index (χ0) is 16.6. The quantitative estimate of drug-likeness (QED) is 0.536. The van der Waals surface area contributed by atoms with Gasteiger partial charge in [0.05, 0.1) is 23.4 Å². The molecule has 3 aromatic heterocycles. The van der Waals surface area contributed by atoms with Crippen LogP contribution in [0.5, 0.6) is 0 Å². The van der Waals surface area contributed by atoms with Gasteiger partial charge in [0, 0.05) is 17.8 Å². The molecule has 0 radical (unpaired) electrons. The molecule has 0 saturated carbocycles. The van der Waals surface area contributed by atoms with E-state index in [2.05, 4.69) is 44.3 Å². The highest BCUT2D eigenvalue weighted by molar-refractivity contribution is 5.79. The lowest BCUT2D eigenvalue weighted by Gasteiger charge is -2.17. The monoisotopic (exact) mass is 329 g/mol. The smallest absolute Gasteiger partial charge is 0.170 e. The van der Waals surface area contributed by atoms with E-state index < -0.39 is 0 Å². The number of hydrogen-bond donors (Lipinski definition) is 3. The van der Waals surface area contributed by atoms with Gasteiger partial charge in [-0.1, -0.05) is 12.1 Å². The van der Waals surface area contributed by atoms with E-state index in [1.54, 1.807) is 6.20 Å². The number of fused-ring (bicyclic) bond motifs is 2. The standard InChI is InChI=1S/C18H15N7/c1-2-13-10-12(3-4-14(13)19-8-1)11-25-18-17(23-24-25)6-5-15(21-18)16-7-9-20-22-16/h1-10,23-24H,11H2,(H,20,22). The first-order valence-electron chi connectivity index (χ1n) is 8.01. The second-order valence-corrected chi connectivity index (χ2v) is 5.88. The van der Waals surface area contributed by atoms with Gasteiger partial charge in [-0.3, -0.25) is 15.1 Å². The van der Waals surface area contributed by atoms with Crippen LogP contribution < -0.4 is 16.0 Å². The molecule has 1 aromatic carbocycles. The first-order valence-corrected chi connectivity index (χ1v) is 8.01. The van der Waals surface area contributed by atoms with Crippen molar-refractivity contribution in [1.82, 2.24) is 25.7 Å². The molecule has 1 aliphatic heterocycles. The Hall–Kier alpha value is -3.45. The average molecular weight is 329 g/mol. The highest BCUT2D eigenvalue weighted by atomic mass is 15.7. The summed E-state index contributed by atoms with van der Waals surface area (Å²) in [4.78, 5) is 9.11. The number of pyridine rings is 2. The number of hydrazine groups is 2. The van der Waals surface area contributed by atoms with Crippen molar-refractivity contribution in [3.05, 3.63) is 66.5 Å². The summed E-state index contributed by atoms with van der Waals surface area (Å²) in [5.41, 5.74) is 11.1. The number of aromatic amines is 1. The molecule has 7 heteroatoms. The van der Waals surface area contributed by atoms with Crippen LogP contribution in [0.2, 0.25) is 0 Å². The minimum Gasteiger partial charge on any atom is -0.300 e. The summed E-state index contributed by atoms with van der Waals surface area (Å²) in [7, 11) is 0. The van der Waals surface area contributed by atoms with Gasteiger partial charge in [0.2, 0.25) is 0 Å². The molecular weight excluding hydrogens is 314 g/mol. The lowest BCUT2D eigenvalue weighted by atomic mass is 10.1. The SMILES string of the molecule is c1cnc2ccc(CN3NNc4ccc(-c5cc[nH]n5)nc43)cc2c1. The fraction of sp³-hybridized carbons (Fsp3) is 0.0556. The molecule has 0 atom stereocenters. The van der Waals surface area contributed by atoms with E-state index in [0.29, 0.717) is 6.54 Å². The van der Waals surface area contributed by atoms with Crippen molar-refractivity contribution >= 4 is 22.4 Å². The van der Waals surface area contributed by atoms with Crippen molar-refractivity contribution in [3.63, 3.8) is 0 Å². The number of rotatable bonds is 3. The maximum absolute atomic E-state index is 4.74. The minimum atomic E-state index is 0.682. The molecule has 0 amide bonds. The Kier molecular flexibility index (Phi) is 3.11. The zero-order valence-corrected chi connectivity index (χ0v) is 13.3. The van der Waals surface area contributed by atoms with Crippen LogP contribution in [-0.2, 0) is 6.54 Å². The van der Waals surface area contributed by atoms with Gasteiger partial charge in [-0.25, -0.2) is 4.98 Å².